The van der Waals surface area contributed by atoms with Crippen LogP contribution in [0.4, 0.5) is 5.69 Å². The average molecular weight is 366 g/mol. The van der Waals surface area contributed by atoms with E-state index < -0.39 is 0 Å². The number of thiophene rings is 1. The zero-order valence-electron chi connectivity index (χ0n) is 14.6. The Bertz CT molecular complexity index is 831. The Morgan fingerprint density at radius 1 is 0.962 bits per heavy atom. The molecule has 4 nitrogen and oxygen atoms in total. The Morgan fingerprint density at radius 2 is 1.73 bits per heavy atom. The quantitative estimate of drug-likeness (QED) is 0.472. The van der Waals surface area contributed by atoms with Crippen molar-refractivity contribution in [1.29, 1.82) is 0 Å². The molecule has 0 unspecified atom stereocenters. The van der Waals surface area contributed by atoms with Crippen LogP contribution in [-0.4, -0.2) is 29.0 Å². The lowest BCUT2D eigenvalue weighted by Crippen LogP contribution is -2.26. The van der Waals surface area contributed by atoms with Crippen molar-refractivity contribution in [2.45, 2.75) is 13.1 Å². The van der Waals surface area contributed by atoms with Gasteiger partial charge in [0.1, 0.15) is 5.84 Å². The molecule has 3 aromatic rings. The number of nitrogens with zero attached hydrogens (tertiary/aromatic N) is 2. The maximum atomic E-state index is 9.39. The van der Waals surface area contributed by atoms with Crippen LogP contribution in [-0.2, 0) is 13.1 Å². The fourth-order valence-electron chi connectivity index (χ4n) is 2.80. The van der Waals surface area contributed by atoms with Gasteiger partial charge in [0.25, 0.3) is 0 Å². The molecule has 1 aromatic heterocycles. The maximum absolute atomic E-state index is 9.39. The van der Waals surface area contributed by atoms with Crippen LogP contribution < -0.4 is 5.73 Å². The first kappa shape index (κ1) is 18.3. The molecule has 2 aromatic carbocycles. The normalized spacial score (nSPS) is 11.8. The molecule has 0 atom stereocenters. The van der Waals surface area contributed by atoms with Crippen molar-refractivity contribution < 1.29 is 5.11 Å². The summed E-state index contributed by atoms with van der Waals surface area (Å²) in [4.78, 5) is 7.73. The summed E-state index contributed by atoms with van der Waals surface area (Å²) in [6, 6.07) is 22.3. The highest BCUT2D eigenvalue weighted by Gasteiger charge is 2.07. The number of hydrogen-bond donors (Lipinski definition) is 2. The second-order valence-corrected chi connectivity index (χ2v) is 7.01. The minimum Gasteiger partial charge on any atom is -0.395 e. The Labute approximate surface area is 158 Å². The van der Waals surface area contributed by atoms with Crippen molar-refractivity contribution in [3.05, 3.63) is 88.1 Å². The number of amidine groups is 1. The standard InChI is InChI=1S/C21H23N3OS/c22-21(20-10-5-13-26-20)23-19-9-4-8-18(14-19)16-24(11-12-25)15-17-6-2-1-3-7-17/h1-10,13-14,25H,11-12,15-16H2,(H2,22,23). The summed E-state index contributed by atoms with van der Waals surface area (Å²) < 4.78 is 0. The first-order chi connectivity index (χ1) is 12.7. The molecule has 0 amide bonds. The smallest absolute Gasteiger partial charge is 0.141 e. The molecule has 0 fully saturated rings. The minimum absolute atomic E-state index is 0.135. The highest BCUT2D eigenvalue weighted by Crippen LogP contribution is 2.18. The van der Waals surface area contributed by atoms with Gasteiger partial charge in [0.15, 0.2) is 0 Å². The molecule has 134 valence electrons. The van der Waals surface area contributed by atoms with Gasteiger partial charge in [0.05, 0.1) is 17.2 Å². The third kappa shape index (κ3) is 5.26. The van der Waals surface area contributed by atoms with Crippen molar-refractivity contribution >= 4 is 22.9 Å². The van der Waals surface area contributed by atoms with E-state index in [1.54, 1.807) is 11.3 Å². The second kappa shape index (κ2) is 9.29. The zero-order valence-corrected chi connectivity index (χ0v) is 15.4. The summed E-state index contributed by atoms with van der Waals surface area (Å²) in [7, 11) is 0. The monoisotopic (exact) mass is 365 g/mol. The van der Waals surface area contributed by atoms with Gasteiger partial charge >= 0.3 is 0 Å². The summed E-state index contributed by atoms with van der Waals surface area (Å²) in [5, 5.41) is 11.4. The van der Waals surface area contributed by atoms with E-state index in [1.165, 1.54) is 5.56 Å². The predicted molar refractivity (Wildman–Crippen MR) is 109 cm³/mol. The molecular weight excluding hydrogens is 342 g/mol. The Morgan fingerprint density at radius 3 is 2.46 bits per heavy atom. The van der Waals surface area contributed by atoms with Gasteiger partial charge in [-0.05, 0) is 34.7 Å². The summed E-state index contributed by atoms with van der Waals surface area (Å²) >= 11 is 1.58. The maximum Gasteiger partial charge on any atom is 0.141 e. The van der Waals surface area contributed by atoms with Crippen LogP contribution >= 0.6 is 11.3 Å². The summed E-state index contributed by atoms with van der Waals surface area (Å²) in [5.74, 6) is 0.536. The highest BCUT2D eigenvalue weighted by molar-refractivity contribution is 7.12. The molecule has 5 heteroatoms. The number of aliphatic imine (C=N–C) groups is 1. The number of rotatable bonds is 8. The zero-order chi connectivity index (χ0) is 18.2. The Kier molecular flexibility index (Phi) is 6.55. The van der Waals surface area contributed by atoms with Gasteiger partial charge in [-0.3, -0.25) is 4.90 Å². The van der Waals surface area contributed by atoms with Crippen molar-refractivity contribution in [2.24, 2.45) is 10.7 Å². The minimum atomic E-state index is 0.135. The van der Waals surface area contributed by atoms with Crippen molar-refractivity contribution in [2.75, 3.05) is 13.2 Å². The second-order valence-electron chi connectivity index (χ2n) is 6.06. The largest absolute Gasteiger partial charge is 0.395 e. The number of aliphatic hydroxyl groups excluding tert-OH is 1. The molecule has 0 radical (unpaired) electrons. The molecule has 3 N–H and O–H groups in total. The van der Waals surface area contributed by atoms with Crippen LogP contribution in [0, 0.1) is 0 Å². The third-order valence-electron chi connectivity index (χ3n) is 4.01. The molecular formula is C21H23N3OS. The van der Waals surface area contributed by atoms with E-state index in [2.05, 4.69) is 34.2 Å². The molecule has 0 aliphatic rings. The first-order valence-corrected chi connectivity index (χ1v) is 9.46. The topological polar surface area (TPSA) is 61.8 Å². The SMILES string of the molecule is NC(=Nc1cccc(CN(CCO)Cc2ccccc2)c1)c1cccs1. The molecule has 1 heterocycles. The number of hydrogen-bond acceptors (Lipinski definition) is 4. The van der Waals surface area contributed by atoms with Crippen molar-refractivity contribution in [3.8, 4) is 0 Å². The van der Waals surface area contributed by atoms with Gasteiger partial charge in [-0.2, -0.15) is 0 Å². The van der Waals surface area contributed by atoms with Crippen LogP contribution in [0.5, 0.6) is 0 Å². The third-order valence-corrected chi connectivity index (χ3v) is 4.90. The molecule has 3 rings (SSSR count). The van der Waals surface area contributed by atoms with Crippen LogP contribution in [0.15, 0.2) is 77.1 Å². The summed E-state index contributed by atoms with van der Waals surface area (Å²) in [6.07, 6.45) is 0. The van der Waals surface area contributed by atoms with Crippen LogP contribution in [0.1, 0.15) is 16.0 Å². The van der Waals surface area contributed by atoms with E-state index in [0.717, 1.165) is 29.2 Å². The van der Waals surface area contributed by atoms with E-state index in [0.29, 0.717) is 12.4 Å². The number of aliphatic hydroxyl groups is 1. The van der Waals surface area contributed by atoms with Gasteiger partial charge in [0, 0.05) is 19.6 Å². The van der Waals surface area contributed by atoms with E-state index in [4.69, 9.17) is 5.73 Å². The van der Waals surface area contributed by atoms with Crippen molar-refractivity contribution in [1.82, 2.24) is 4.90 Å². The summed E-state index contributed by atoms with van der Waals surface area (Å²) in [5.41, 5.74) is 9.32. The molecule has 0 aliphatic heterocycles. The van der Waals surface area contributed by atoms with E-state index in [1.807, 2.05) is 47.8 Å². The van der Waals surface area contributed by atoms with Gasteiger partial charge < -0.3 is 10.8 Å². The lowest BCUT2D eigenvalue weighted by atomic mass is 10.1. The van der Waals surface area contributed by atoms with Crippen LogP contribution in [0.3, 0.4) is 0 Å². The van der Waals surface area contributed by atoms with Crippen molar-refractivity contribution in [3.63, 3.8) is 0 Å². The highest BCUT2D eigenvalue weighted by atomic mass is 32.1. The molecule has 0 aliphatic carbocycles. The van der Waals surface area contributed by atoms with Crippen LogP contribution in [0.25, 0.3) is 0 Å². The molecule has 0 spiro atoms. The Hall–Kier alpha value is -2.47. The summed E-state index contributed by atoms with van der Waals surface area (Å²) in [6.45, 7) is 2.31. The van der Waals surface area contributed by atoms with Crippen LogP contribution in [0.2, 0.25) is 0 Å². The van der Waals surface area contributed by atoms with Gasteiger partial charge in [0.2, 0.25) is 0 Å². The molecule has 0 saturated heterocycles. The molecule has 26 heavy (non-hydrogen) atoms. The molecule has 0 saturated carbocycles. The number of benzene rings is 2. The van der Waals surface area contributed by atoms with E-state index in [9.17, 15) is 5.11 Å². The fraction of sp³-hybridized carbons (Fsp3) is 0.190. The predicted octanol–water partition coefficient (Wildman–Crippen LogP) is 3.78. The Balaban J connectivity index is 1.72. The first-order valence-electron chi connectivity index (χ1n) is 8.59. The lowest BCUT2D eigenvalue weighted by molar-refractivity contribution is 0.184. The number of nitrogens with two attached hydrogens (primary N) is 1. The van der Waals surface area contributed by atoms with E-state index in [-0.39, 0.29) is 6.61 Å². The van der Waals surface area contributed by atoms with Gasteiger partial charge in [-0.1, -0.05) is 48.5 Å². The van der Waals surface area contributed by atoms with Gasteiger partial charge in [-0.25, -0.2) is 4.99 Å². The fourth-order valence-corrected chi connectivity index (χ4v) is 3.43. The average Bonchev–Trinajstić information content (AvgIpc) is 3.18. The van der Waals surface area contributed by atoms with Gasteiger partial charge in [-0.15, -0.1) is 11.3 Å². The van der Waals surface area contributed by atoms with E-state index >= 15 is 0 Å². The lowest BCUT2D eigenvalue weighted by Gasteiger charge is -2.21. The molecule has 0 bridgehead atoms.